The van der Waals surface area contributed by atoms with Gasteiger partial charge in [0.15, 0.2) is 11.6 Å². The second-order valence-corrected chi connectivity index (χ2v) is 12.8. The molecule has 0 amide bonds. The fraction of sp³-hybridized carbons (Fsp3) is 0. The van der Waals surface area contributed by atoms with Crippen molar-refractivity contribution < 1.29 is 0 Å². The zero-order valence-electron chi connectivity index (χ0n) is 27.6. The summed E-state index contributed by atoms with van der Waals surface area (Å²) in [5, 5.41) is 7.20. The Morgan fingerprint density at radius 2 is 0.902 bits per heavy atom. The SMILES string of the molecule is c1ccc(-c2nc(-c3cccc(-c4cccc5cccc(-c6ccccc6)c45)c3)nc(-n3c4ccccc4c4c5ccccc5ccc43)n2)cc1. The minimum Gasteiger partial charge on any atom is -0.278 e. The second-order valence-electron chi connectivity index (χ2n) is 12.8. The van der Waals surface area contributed by atoms with Crippen LogP contribution in [-0.4, -0.2) is 19.5 Å². The van der Waals surface area contributed by atoms with Crippen molar-refractivity contribution >= 4 is 43.4 Å². The Labute approximate surface area is 295 Å². The molecule has 2 heterocycles. The van der Waals surface area contributed by atoms with Crippen LogP contribution in [0.25, 0.3) is 94.3 Å². The Morgan fingerprint density at radius 1 is 0.333 bits per heavy atom. The standard InChI is InChI=1S/C47H30N4/c1-3-14-31(15-4-1)37-25-12-19-33-20-13-26-39(43(33)37)35-21-11-22-36(30-35)46-48-45(34-17-5-2-6-18-34)49-47(50-46)51-41-27-10-9-24-40(41)44-38-23-8-7-16-32(38)28-29-42(44)51/h1-30H. The van der Waals surface area contributed by atoms with Gasteiger partial charge in [-0.3, -0.25) is 4.57 Å². The first-order chi connectivity index (χ1) is 25.3. The Kier molecular flexibility index (Phi) is 6.78. The van der Waals surface area contributed by atoms with Gasteiger partial charge in [-0.1, -0.05) is 164 Å². The number of nitrogens with zero attached hydrogens (tertiary/aromatic N) is 4. The molecule has 2 aromatic heterocycles. The van der Waals surface area contributed by atoms with Gasteiger partial charge in [0, 0.05) is 21.9 Å². The first-order valence-corrected chi connectivity index (χ1v) is 17.2. The van der Waals surface area contributed by atoms with Crippen molar-refractivity contribution in [3.05, 3.63) is 182 Å². The summed E-state index contributed by atoms with van der Waals surface area (Å²) >= 11 is 0. The minimum atomic E-state index is 0.585. The van der Waals surface area contributed by atoms with E-state index >= 15 is 0 Å². The molecule has 0 unspecified atom stereocenters. The summed E-state index contributed by atoms with van der Waals surface area (Å²) in [5.41, 5.74) is 8.65. The summed E-state index contributed by atoms with van der Waals surface area (Å²) < 4.78 is 2.19. The molecule has 0 aliphatic rings. The third-order valence-electron chi connectivity index (χ3n) is 9.84. The lowest BCUT2D eigenvalue weighted by molar-refractivity contribution is 0.953. The fourth-order valence-corrected chi connectivity index (χ4v) is 7.53. The number of rotatable bonds is 5. The molecule has 0 spiro atoms. The molecule has 0 saturated heterocycles. The second kappa shape index (κ2) is 11.9. The van der Waals surface area contributed by atoms with Gasteiger partial charge >= 0.3 is 0 Å². The lowest BCUT2D eigenvalue weighted by atomic mass is 9.91. The third-order valence-corrected chi connectivity index (χ3v) is 9.84. The van der Waals surface area contributed by atoms with Crippen molar-refractivity contribution in [2.24, 2.45) is 0 Å². The van der Waals surface area contributed by atoms with Crippen LogP contribution >= 0.6 is 0 Å². The molecular weight excluding hydrogens is 621 g/mol. The number of hydrogen-bond acceptors (Lipinski definition) is 3. The maximum atomic E-state index is 5.25. The van der Waals surface area contributed by atoms with E-state index in [1.54, 1.807) is 0 Å². The van der Waals surface area contributed by atoms with Crippen LogP contribution in [0, 0.1) is 0 Å². The molecule has 0 radical (unpaired) electrons. The quantitative estimate of drug-likeness (QED) is 0.186. The van der Waals surface area contributed by atoms with E-state index in [1.165, 1.54) is 49.0 Å². The van der Waals surface area contributed by atoms with Gasteiger partial charge in [-0.15, -0.1) is 0 Å². The van der Waals surface area contributed by atoms with Gasteiger partial charge < -0.3 is 0 Å². The molecule has 0 N–H and O–H groups in total. The normalized spacial score (nSPS) is 11.5. The molecule has 51 heavy (non-hydrogen) atoms. The molecule has 4 nitrogen and oxygen atoms in total. The molecule has 0 saturated carbocycles. The summed E-state index contributed by atoms with van der Waals surface area (Å²) in [6.07, 6.45) is 0. The Bertz CT molecular complexity index is 2900. The van der Waals surface area contributed by atoms with Crippen LogP contribution in [0.1, 0.15) is 0 Å². The predicted octanol–water partition coefficient (Wildman–Crippen LogP) is 11.9. The number of aromatic nitrogens is 4. The first kappa shape index (κ1) is 29.0. The molecule has 0 bridgehead atoms. The molecule has 4 heteroatoms. The average Bonchev–Trinajstić information content (AvgIpc) is 3.56. The maximum Gasteiger partial charge on any atom is 0.238 e. The van der Waals surface area contributed by atoms with Crippen molar-refractivity contribution in [2.45, 2.75) is 0 Å². The molecule has 0 fully saturated rings. The molecule has 0 aliphatic carbocycles. The van der Waals surface area contributed by atoms with E-state index in [1.807, 2.05) is 18.2 Å². The van der Waals surface area contributed by atoms with Crippen LogP contribution in [0.5, 0.6) is 0 Å². The number of para-hydroxylation sites is 1. The van der Waals surface area contributed by atoms with Gasteiger partial charge in [-0.2, -0.15) is 9.97 Å². The molecular formula is C47H30N4. The van der Waals surface area contributed by atoms with Crippen LogP contribution in [0.15, 0.2) is 182 Å². The molecule has 8 aromatic carbocycles. The fourth-order valence-electron chi connectivity index (χ4n) is 7.53. The Morgan fingerprint density at radius 3 is 1.69 bits per heavy atom. The Balaban J connectivity index is 1.21. The Hall–Kier alpha value is -6.91. The first-order valence-electron chi connectivity index (χ1n) is 17.2. The topological polar surface area (TPSA) is 43.6 Å². The highest BCUT2D eigenvalue weighted by Crippen LogP contribution is 2.39. The van der Waals surface area contributed by atoms with Gasteiger partial charge in [-0.05, 0) is 62.0 Å². The van der Waals surface area contributed by atoms with Gasteiger partial charge in [0.25, 0.3) is 0 Å². The molecule has 10 aromatic rings. The van der Waals surface area contributed by atoms with E-state index in [2.05, 4.69) is 168 Å². The monoisotopic (exact) mass is 650 g/mol. The van der Waals surface area contributed by atoms with Gasteiger partial charge in [-0.25, -0.2) is 4.98 Å². The van der Waals surface area contributed by atoms with Crippen LogP contribution in [0.4, 0.5) is 0 Å². The third kappa shape index (κ3) is 4.88. The van der Waals surface area contributed by atoms with E-state index < -0.39 is 0 Å². The predicted molar refractivity (Wildman–Crippen MR) is 211 cm³/mol. The number of benzene rings is 8. The number of hydrogen-bond donors (Lipinski definition) is 0. The van der Waals surface area contributed by atoms with Crippen molar-refractivity contribution in [3.63, 3.8) is 0 Å². The molecule has 0 aliphatic heterocycles. The molecule has 238 valence electrons. The van der Waals surface area contributed by atoms with Gasteiger partial charge in [0.1, 0.15) is 0 Å². The van der Waals surface area contributed by atoms with E-state index in [0.29, 0.717) is 17.6 Å². The van der Waals surface area contributed by atoms with Crippen molar-refractivity contribution in [3.8, 4) is 51.0 Å². The summed E-state index contributed by atoms with van der Waals surface area (Å²) in [6, 6.07) is 63.9. The zero-order chi connectivity index (χ0) is 33.7. The lowest BCUT2D eigenvalue weighted by Gasteiger charge is -2.14. The maximum absolute atomic E-state index is 5.25. The minimum absolute atomic E-state index is 0.585. The molecule has 0 atom stereocenters. The summed E-state index contributed by atoms with van der Waals surface area (Å²) in [4.78, 5) is 15.5. The smallest absolute Gasteiger partial charge is 0.238 e. The lowest BCUT2D eigenvalue weighted by Crippen LogP contribution is -2.06. The van der Waals surface area contributed by atoms with E-state index in [4.69, 9.17) is 15.0 Å². The summed E-state index contributed by atoms with van der Waals surface area (Å²) in [7, 11) is 0. The largest absolute Gasteiger partial charge is 0.278 e. The zero-order valence-corrected chi connectivity index (χ0v) is 27.6. The van der Waals surface area contributed by atoms with Crippen LogP contribution in [0.3, 0.4) is 0 Å². The highest BCUT2D eigenvalue weighted by Gasteiger charge is 2.19. The van der Waals surface area contributed by atoms with Crippen molar-refractivity contribution in [1.29, 1.82) is 0 Å². The van der Waals surface area contributed by atoms with Crippen LogP contribution in [0.2, 0.25) is 0 Å². The molecule has 10 rings (SSSR count). The van der Waals surface area contributed by atoms with E-state index in [0.717, 1.165) is 27.7 Å². The number of fused-ring (bicyclic) bond motifs is 6. The highest BCUT2D eigenvalue weighted by atomic mass is 15.2. The van der Waals surface area contributed by atoms with Crippen LogP contribution < -0.4 is 0 Å². The van der Waals surface area contributed by atoms with E-state index in [-0.39, 0.29) is 0 Å². The summed E-state index contributed by atoms with van der Waals surface area (Å²) in [5.74, 6) is 1.84. The van der Waals surface area contributed by atoms with Gasteiger partial charge in [0.05, 0.1) is 11.0 Å². The van der Waals surface area contributed by atoms with Crippen molar-refractivity contribution in [2.75, 3.05) is 0 Å². The van der Waals surface area contributed by atoms with Crippen LogP contribution in [-0.2, 0) is 0 Å². The van der Waals surface area contributed by atoms with Crippen molar-refractivity contribution in [1.82, 2.24) is 19.5 Å². The summed E-state index contributed by atoms with van der Waals surface area (Å²) in [6.45, 7) is 0. The average molecular weight is 651 g/mol. The van der Waals surface area contributed by atoms with E-state index in [9.17, 15) is 0 Å². The van der Waals surface area contributed by atoms with Gasteiger partial charge in [0.2, 0.25) is 5.95 Å². The highest BCUT2D eigenvalue weighted by molar-refractivity contribution is 6.21.